The minimum absolute atomic E-state index is 0.210. The van der Waals surface area contributed by atoms with E-state index in [4.69, 9.17) is 23.2 Å². The Morgan fingerprint density at radius 1 is 1.32 bits per heavy atom. The van der Waals surface area contributed by atoms with E-state index in [1.54, 1.807) is 13.1 Å². The van der Waals surface area contributed by atoms with E-state index in [1.807, 2.05) is 19.9 Å². The first-order valence-corrected chi connectivity index (χ1v) is 9.94. The van der Waals surface area contributed by atoms with Gasteiger partial charge in [-0.05, 0) is 44.0 Å². The molecular weight excluding hydrogens is 431 g/mol. The molecule has 0 saturated carbocycles. The molecule has 2 aromatic rings. The predicted octanol–water partition coefficient (Wildman–Crippen LogP) is 4.16. The summed E-state index contributed by atoms with van der Waals surface area (Å²) in [5.41, 5.74) is 7.83. The molecule has 0 aliphatic carbocycles. The number of aryl methyl sites for hydroxylation is 2. The second-order valence-corrected chi connectivity index (χ2v) is 7.89. The number of hydrogen-bond donors (Lipinski definition) is 2. The van der Waals surface area contributed by atoms with Gasteiger partial charge in [-0.1, -0.05) is 23.7 Å². The number of rotatable bonds is 3. The summed E-state index contributed by atoms with van der Waals surface area (Å²) in [6.45, 7) is 5.70. The van der Waals surface area contributed by atoms with E-state index < -0.39 is 28.7 Å². The van der Waals surface area contributed by atoms with Crippen molar-refractivity contribution in [1.82, 2.24) is 9.88 Å². The molecule has 4 N–H and O–H groups in total. The lowest BCUT2D eigenvalue weighted by Gasteiger charge is -2.38. The third-order valence-corrected chi connectivity index (χ3v) is 5.75. The first-order chi connectivity index (χ1) is 14.4. The van der Waals surface area contributed by atoms with Crippen LogP contribution >= 0.6 is 11.6 Å². The van der Waals surface area contributed by atoms with Crippen LogP contribution in [0.15, 0.2) is 41.9 Å². The van der Waals surface area contributed by atoms with Crippen LogP contribution in [0, 0.1) is 13.8 Å². The van der Waals surface area contributed by atoms with Crippen molar-refractivity contribution < 1.29 is 18.0 Å². The fraction of sp³-hybridized carbons (Fsp3) is 0.333. The summed E-state index contributed by atoms with van der Waals surface area (Å²) in [6, 6.07) is 4.62. The third-order valence-electron chi connectivity index (χ3n) is 5.34. The number of halogens is 4. The maximum absolute atomic E-state index is 13.2. The number of nitrogens with two attached hydrogens (primary N) is 2. The Morgan fingerprint density at radius 2 is 2.00 bits per heavy atom. The Kier molecular flexibility index (Phi) is 6.20. The number of benzene rings is 1. The van der Waals surface area contributed by atoms with Crippen molar-refractivity contribution in [3.05, 3.63) is 69.1 Å². The van der Waals surface area contributed by atoms with Crippen LogP contribution in [0.4, 0.5) is 19.0 Å². The van der Waals surface area contributed by atoms with Crippen molar-refractivity contribution in [2.45, 2.75) is 39.4 Å². The minimum atomic E-state index is -4.66. The monoisotopic (exact) mass is 453 g/mol. The molecule has 6 nitrogen and oxygen atoms in total. The number of hydrazine groups is 1. The molecule has 0 spiro atoms. The largest absolute Gasteiger partial charge is 0.417 e. The van der Waals surface area contributed by atoms with Gasteiger partial charge in [0, 0.05) is 19.2 Å². The molecule has 1 aromatic carbocycles. The van der Waals surface area contributed by atoms with Gasteiger partial charge < -0.3 is 10.6 Å². The van der Waals surface area contributed by atoms with Gasteiger partial charge in [0.2, 0.25) is 0 Å². The SMILES string of the molecule is Cc1cnc(N(N)C2=C(N)C(C)N(C(=O)c3cccc(C(F)(F)F)c3Cl)CC2)c(C)c1. The number of amides is 1. The number of aromatic nitrogens is 1. The summed E-state index contributed by atoms with van der Waals surface area (Å²) in [7, 11) is 0. The lowest BCUT2D eigenvalue weighted by molar-refractivity contribution is -0.137. The Hall–Kier alpha value is -2.78. The molecule has 1 aromatic heterocycles. The number of carbonyl (C=O) groups is 1. The quantitative estimate of drug-likeness (QED) is 0.538. The second-order valence-electron chi connectivity index (χ2n) is 7.51. The Labute approximate surface area is 183 Å². The number of pyridine rings is 1. The Morgan fingerprint density at radius 3 is 2.61 bits per heavy atom. The highest BCUT2D eigenvalue weighted by Gasteiger charge is 2.37. The molecule has 1 aliphatic rings. The molecule has 166 valence electrons. The van der Waals surface area contributed by atoms with Crippen LogP contribution in [-0.4, -0.2) is 28.4 Å². The fourth-order valence-electron chi connectivity index (χ4n) is 3.67. The van der Waals surface area contributed by atoms with Gasteiger partial charge in [-0.3, -0.25) is 9.80 Å². The van der Waals surface area contributed by atoms with Crippen LogP contribution in [0.25, 0.3) is 0 Å². The fourth-order valence-corrected chi connectivity index (χ4v) is 3.98. The molecule has 3 rings (SSSR count). The summed E-state index contributed by atoms with van der Waals surface area (Å²) in [5, 5.41) is 0.778. The van der Waals surface area contributed by atoms with Crippen LogP contribution in [0.5, 0.6) is 0 Å². The predicted molar refractivity (Wildman–Crippen MR) is 113 cm³/mol. The second kappa shape index (κ2) is 8.39. The van der Waals surface area contributed by atoms with E-state index in [9.17, 15) is 18.0 Å². The van der Waals surface area contributed by atoms with Gasteiger partial charge in [0.1, 0.15) is 5.82 Å². The maximum atomic E-state index is 13.2. The summed E-state index contributed by atoms with van der Waals surface area (Å²) in [5.74, 6) is 6.19. The summed E-state index contributed by atoms with van der Waals surface area (Å²) < 4.78 is 39.5. The van der Waals surface area contributed by atoms with Gasteiger partial charge in [-0.25, -0.2) is 10.8 Å². The van der Waals surface area contributed by atoms with Crippen molar-refractivity contribution in [2.24, 2.45) is 11.6 Å². The topological polar surface area (TPSA) is 88.5 Å². The van der Waals surface area contributed by atoms with E-state index in [0.717, 1.165) is 23.3 Å². The van der Waals surface area contributed by atoms with Crippen molar-refractivity contribution >= 4 is 23.3 Å². The van der Waals surface area contributed by atoms with Crippen LogP contribution < -0.4 is 16.6 Å². The molecule has 0 radical (unpaired) electrons. The molecule has 2 heterocycles. The van der Waals surface area contributed by atoms with E-state index in [0.29, 0.717) is 23.6 Å². The van der Waals surface area contributed by atoms with E-state index >= 15 is 0 Å². The van der Waals surface area contributed by atoms with Gasteiger partial charge in [0.25, 0.3) is 5.91 Å². The smallest absolute Gasteiger partial charge is 0.399 e. The molecule has 0 bridgehead atoms. The highest BCUT2D eigenvalue weighted by atomic mass is 35.5. The summed E-state index contributed by atoms with van der Waals surface area (Å²) >= 11 is 5.93. The van der Waals surface area contributed by atoms with Gasteiger partial charge in [0.05, 0.1) is 33.6 Å². The minimum Gasteiger partial charge on any atom is -0.399 e. The summed E-state index contributed by atoms with van der Waals surface area (Å²) in [6.07, 6.45) is -2.66. The van der Waals surface area contributed by atoms with Crippen molar-refractivity contribution in [1.29, 1.82) is 0 Å². The normalized spacial score (nSPS) is 17.2. The number of anilines is 1. The zero-order valence-corrected chi connectivity index (χ0v) is 18.1. The molecule has 0 fully saturated rings. The van der Waals surface area contributed by atoms with E-state index in [1.165, 1.54) is 16.0 Å². The van der Waals surface area contributed by atoms with E-state index in [-0.39, 0.29) is 12.1 Å². The molecule has 1 aliphatic heterocycles. The van der Waals surface area contributed by atoms with Crippen LogP contribution in [0.2, 0.25) is 5.02 Å². The molecule has 10 heteroatoms. The highest BCUT2D eigenvalue weighted by molar-refractivity contribution is 6.34. The lowest BCUT2D eigenvalue weighted by Crippen LogP contribution is -2.49. The van der Waals surface area contributed by atoms with Gasteiger partial charge in [0.15, 0.2) is 0 Å². The van der Waals surface area contributed by atoms with Crippen molar-refractivity contribution in [3.8, 4) is 0 Å². The molecule has 1 unspecified atom stereocenters. The number of carbonyl (C=O) groups excluding carboxylic acids is 1. The van der Waals surface area contributed by atoms with Crippen LogP contribution in [-0.2, 0) is 6.18 Å². The first kappa shape index (κ1) is 22.9. The van der Waals surface area contributed by atoms with Crippen molar-refractivity contribution in [2.75, 3.05) is 11.6 Å². The third kappa shape index (κ3) is 4.33. The van der Waals surface area contributed by atoms with Gasteiger partial charge >= 0.3 is 6.18 Å². The molecule has 0 saturated heterocycles. The highest BCUT2D eigenvalue weighted by Crippen LogP contribution is 2.37. The zero-order chi connectivity index (χ0) is 23.1. The number of alkyl halides is 3. The Bertz CT molecular complexity index is 1050. The maximum Gasteiger partial charge on any atom is 0.417 e. The lowest BCUT2D eigenvalue weighted by atomic mass is 10.0. The number of hydrogen-bond acceptors (Lipinski definition) is 5. The van der Waals surface area contributed by atoms with Crippen molar-refractivity contribution in [3.63, 3.8) is 0 Å². The first-order valence-electron chi connectivity index (χ1n) is 9.56. The Balaban J connectivity index is 1.91. The molecule has 1 amide bonds. The van der Waals surface area contributed by atoms with Gasteiger partial charge in [-0.2, -0.15) is 13.2 Å². The zero-order valence-electron chi connectivity index (χ0n) is 17.3. The van der Waals surface area contributed by atoms with Crippen LogP contribution in [0.3, 0.4) is 0 Å². The standard InChI is InChI=1S/C21H23ClF3N5O/c1-11-9-12(2)19(28-10-11)30(27)16-7-8-29(13(3)18(16)26)20(31)14-5-4-6-15(17(14)22)21(23,24)25/h4-6,9-10,13H,7-8,26-27H2,1-3H3. The summed E-state index contributed by atoms with van der Waals surface area (Å²) in [4.78, 5) is 18.8. The average Bonchev–Trinajstić information content (AvgIpc) is 2.68. The van der Waals surface area contributed by atoms with Gasteiger partial charge in [-0.15, -0.1) is 0 Å². The number of nitrogens with zero attached hydrogens (tertiary/aromatic N) is 3. The molecular formula is C21H23ClF3N5O. The molecule has 1 atom stereocenters. The van der Waals surface area contributed by atoms with E-state index in [2.05, 4.69) is 4.98 Å². The molecule has 31 heavy (non-hydrogen) atoms. The van der Waals surface area contributed by atoms with Crippen LogP contribution in [0.1, 0.15) is 40.4 Å². The average molecular weight is 454 g/mol.